The highest BCUT2D eigenvalue weighted by Crippen LogP contribution is 2.47. The van der Waals surface area contributed by atoms with E-state index in [0.717, 1.165) is 30.1 Å². The molecular formula is C21H18F5N5O. The van der Waals surface area contributed by atoms with Crippen molar-refractivity contribution in [2.45, 2.75) is 43.9 Å². The lowest BCUT2D eigenvalue weighted by Crippen LogP contribution is -2.42. The Morgan fingerprint density at radius 3 is 2.62 bits per heavy atom. The molecule has 11 heteroatoms. The fourth-order valence-electron chi connectivity index (χ4n) is 3.39. The summed E-state index contributed by atoms with van der Waals surface area (Å²) in [4.78, 5) is 19.6. The average molecular weight is 451 g/mol. The third-order valence-corrected chi connectivity index (χ3v) is 5.24. The molecule has 1 aromatic carbocycles. The Hall–Kier alpha value is -3.42. The normalized spacial score (nSPS) is 20.2. The smallest absolute Gasteiger partial charge is 0.393 e. The topological polar surface area (TPSA) is 85.3 Å². The van der Waals surface area contributed by atoms with Crippen molar-refractivity contribution in [3.8, 4) is 11.8 Å². The molecule has 1 aliphatic carbocycles. The van der Waals surface area contributed by atoms with Gasteiger partial charge in [0.2, 0.25) is 5.54 Å². The molecule has 4 rings (SSSR count). The Labute approximate surface area is 179 Å². The highest BCUT2D eigenvalue weighted by Gasteiger charge is 2.57. The van der Waals surface area contributed by atoms with Crippen molar-refractivity contribution in [1.29, 1.82) is 0 Å². The van der Waals surface area contributed by atoms with E-state index < -0.39 is 34.6 Å². The maximum Gasteiger partial charge on any atom is 0.429 e. The summed E-state index contributed by atoms with van der Waals surface area (Å²) < 4.78 is 70.2. The Balaban J connectivity index is 1.71. The lowest BCUT2D eigenvalue weighted by atomic mass is 9.87. The average Bonchev–Trinajstić information content (AvgIpc) is 3.52. The summed E-state index contributed by atoms with van der Waals surface area (Å²) in [7, 11) is 0. The molecular weight excluding hydrogens is 433 g/mol. The van der Waals surface area contributed by atoms with E-state index in [4.69, 9.17) is 5.73 Å². The van der Waals surface area contributed by atoms with Crippen LogP contribution in [0, 0.1) is 17.8 Å². The second kappa shape index (κ2) is 7.32. The number of hydrogen-bond acceptors (Lipinski definition) is 5. The maximum absolute atomic E-state index is 14.1. The molecule has 1 aromatic heterocycles. The van der Waals surface area contributed by atoms with Crippen LogP contribution in [0.3, 0.4) is 0 Å². The first-order valence-electron chi connectivity index (χ1n) is 9.68. The molecule has 3 N–H and O–H groups in total. The summed E-state index contributed by atoms with van der Waals surface area (Å²) >= 11 is 0. The molecule has 0 radical (unpaired) electrons. The first kappa shape index (κ1) is 21.8. The number of benzene rings is 1. The molecule has 2 aromatic rings. The number of halogens is 5. The Bertz CT molecular complexity index is 1210. The van der Waals surface area contributed by atoms with Gasteiger partial charge in [0.15, 0.2) is 0 Å². The molecule has 2 aliphatic rings. The minimum Gasteiger partial charge on any atom is -0.393 e. The molecule has 0 bridgehead atoms. The van der Waals surface area contributed by atoms with E-state index in [9.17, 15) is 26.7 Å². The predicted molar refractivity (Wildman–Crippen MR) is 108 cm³/mol. The van der Waals surface area contributed by atoms with Gasteiger partial charge in [-0.25, -0.2) is 9.98 Å². The summed E-state index contributed by atoms with van der Waals surface area (Å²) in [5.41, 5.74) is 0.862. The quantitative estimate of drug-likeness (QED) is 0.552. The van der Waals surface area contributed by atoms with Crippen molar-refractivity contribution in [2.24, 2.45) is 10.9 Å². The lowest BCUT2D eigenvalue weighted by Gasteiger charge is -2.32. The van der Waals surface area contributed by atoms with Gasteiger partial charge in [-0.2, -0.15) is 22.0 Å². The number of aromatic nitrogens is 2. The summed E-state index contributed by atoms with van der Waals surface area (Å²) in [6.07, 6.45) is -1.33. The zero-order valence-electron chi connectivity index (χ0n) is 16.8. The van der Waals surface area contributed by atoms with Gasteiger partial charge in [-0.05, 0) is 24.5 Å². The van der Waals surface area contributed by atoms with Crippen molar-refractivity contribution < 1.29 is 22.0 Å². The Kier molecular flexibility index (Phi) is 4.99. The molecule has 0 amide bonds. The molecule has 1 fully saturated rings. The van der Waals surface area contributed by atoms with Crippen molar-refractivity contribution in [2.75, 3.05) is 11.1 Å². The van der Waals surface area contributed by atoms with Crippen LogP contribution >= 0.6 is 0 Å². The number of fused-ring (bicyclic) bond motifs is 1. The van der Waals surface area contributed by atoms with Crippen LogP contribution in [-0.2, 0) is 18.0 Å². The lowest BCUT2D eigenvalue weighted by molar-refractivity contribution is -0.170. The highest BCUT2D eigenvalue weighted by atomic mass is 19.4. The van der Waals surface area contributed by atoms with E-state index in [0.29, 0.717) is 12.5 Å². The summed E-state index contributed by atoms with van der Waals surface area (Å²) in [5, 5.41) is 2.69. The number of anilines is 2. The third-order valence-electron chi connectivity index (χ3n) is 5.24. The van der Waals surface area contributed by atoms with Crippen molar-refractivity contribution in [3.63, 3.8) is 0 Å². The van der Waals surface area contributed by atoms with Gasteiger partial charge in [0.25, 0.3) is 11.5 Å². The van der Waals surface area contributed by atoms with Gasteiger partial charge in [0, 0.05) is 24.1 Å². The Morgan fingerprint density at radius 1 is 1.28 bits per heavy atom. The van der Waals surface area contributed by atoms with Gasteiger partial charge < -0.3 is 11.1 Å². The molecule has 1 saturated carbocycles. The van der Waals surface area contributed by atoms with Crippen LogP contribution in [0.1, 0.15) is 36.6 Å². The minimum absolute atomic E-state index is 0.0506. The largest absolute Gasteiger partial charge is 0.429 e. The molecule has 1 aliphatic heterocycles. The van der Waals surface area contributed by atoms with E-state index >= 15 is 0 Å². The van der Waals surface area contributed by atoms with Crippen molar-refractivity contribution >= 4 is 17.7 Å². The van der Waals surface area contributed by atoms with Crippen molar-refractivity contribution in [3.05, 3.63) is 51.7 Å². The van der Waals surface area contributed by atoms with Crippen LogP contribution in [0.25, 0.3) is 0 Å². The molecule has 0 spiro atoms. The van der Waals surface area contributed by atoms with Crippen molar-refractivity contribution in [1.82, 2.24) is 9.55 Å². The third kappa shape index (κ3) is 3.81. The monoisotopic (exact) mass is 451 g/mol. The Morgan fingerprint density at radius 2 is 2.00 bits per heavy atom. The molecule has 6 nitrogen and oxygen atoms in total. The van der Waals surface area contributed by atoms with E-state index in [1.165, 1.54) is 18.2 Å². The molecule has 168 valence electrons. The van der Waals surface area contributed by atoms with Crippen LogP contribution < -0.4 is 16.6 Å². The summed E-state index contributed by atoms with van der Waals surface area (Å²) in [6, 6.07) is 4.07. The first-order valence-corrected chi connectivity index (χ1v) is 9.68. The molecule has 32 heavy (non-hydrogen) atoms. The predicted octanol–water partition coefficient (Wildman–Crippen LogP) is 3.61. The van der Waals surface area contributed by atoms with E-state index in [1.807, 2.05) is 0 Å². The van der Waals surface area contributed by atoms with E-state index in [2.05, 4.69) is 27.1 Å². The fraction of sp³-hybridized carbons (Fsp3) is 0.381. The number of nitrogen functional groups attached to an aromatic ring is 1. The number of nitrogens with two attached hydrogens (primary N) is 1. The number of nitrogens with zero attached hydrogens (tertiary/aromatic N) is 3. The van der Waals surface area contributed by atoms with Gasteiger partial charge in [-0.3, -0.25) is 9.36 Å². The highest BCUT2D eigenvalue weighted by molar-refractivity contribution is 5.83. The van der Waals surface area contributed by atoms with Crippen LogP contribution in [0.5, 0.6) is 0 Å². The van der Waals surface area contributed by atoms with Gasteiger partial charge >= 0.3 is 6.18 Å². The number of hydrogen-bond donors (Lipinski definition) is 2. The second-order valence-electron chi connectivity index (χ2n) is 7.86. The molecule has 1 atom stereocenters. The minimum atomic E-state index is -4.75. The summed E-state index contributed by atoms with van der Waals surface area (Å²) in [6.45, 7) is 0.440. The molecule has 2 heterocycles. The van der Waals surface area contributed by atoms with Crippen LogP contribution in [0.15, 0.2) is 34.3 Å². The summed E-state index contributed by atoms with van der Waals surface area (Å²) in [5.74, 6) is 1.55. The number of nitrogens with one attached hydrogen (secondary N) is 1. The van der Waals surface area contributed by atoms with Gasteiger partial charge in [-0.1, -0.05) is 24.0 Å². The number of rotatable bonds is 3. The van der Waals surface area contributed by atoms with Gasteiger partial charge in [0.1, 0.15) is 11.4 Å². The van der Waals surface area contributed by atoms with Crippen LogP contribution in [0.4, 0.5) is 33.3 Å². The van der Waals surface area contributed by atoms with Crippen LogP contribution in [0.2, 0.25) is 0 Å². The first-order chi connectivity index (χ1) is 14.9. The number of alkyl halides is 5. The zero-order chi connectivity index (χ0) is 23.3. The standard InChI is InChI=1S/C21H18F5N5O/c1-19(22,23)17-16(27)18(32)31(11-29-17)9-13-4-5-14-15(8-13)28-10-30-20(14,21(24,25)26)7-6-12-2-3-12/h4-5,8,10-12H,2-3,9,27H2,1H3,(H,28,30)/t20-/m0/s1. The number of aliphatic imine (C=N–C) groups is 1. The van der Waals surface area contributed by atoms with E-state index in [-0.39, 0.29) is 23.7 Å². The van der Waals surface area contributed by atoms with Gasteiger partial charge in [0.05, 0.1) is 19.2 Å². The second-order valence-corrected chi connectivity index (χ2v) is 7.86. The van der Waals surface area contributed by atoms with Gasteiger partial charge in [-0.15, -0.1) is 0 Å². The maximum atomic E-state index is 14.1. The SMILES string of the molecule is CC(F)(F)c1ncn(Cc2ccc3c(c2)NC=N[C@]3(C#CC2CC2)C(F)(F)F)c(=O)c1N. The van der Waals surface area contributed by atoms with E-state index in [1.54, 1.807) is 0 Å². The van der Waals surface area contributed by atoms with Crippen LogP contribution in [-0.4, -0.2) is 22.1 Å². The molecule has 0 saturated heterocycles. The fourth-order valence-corrected chi connectivity index (χ4v) is 3.39. The molecule has 0 unspecified atom stereocenters. The zero-order valence-corrected chi connectivity index (χ0v) is 16.8.